The zero-order valence-electron chi connectivity index (χ0n) is 11.1. The highest BCUT2D eigenvalue weighted by Gasteiger charge is 2.22. The standard InChI is InChI=1S/C13H15BrN4O/c1-4-18-12(10(14)7-16-18)13(19)17(3)11-8-15-6-5-9(11)2/h5-8H,4H2,1-3H3. The Morgan fingerprint density at radius 2 is 2.21 bits per heavy atom. The lowest BCUT2D eigenvalue weighted by molar-refractivity contribution is 0.0982. The zero-order chi connectivity index (χ0) is 14.0. The largest absolute Gasteiger partial charge is 0.308 e. The molecule has 0 aliphatic rings. The Labute approximate surface area is 120 Å². The molecule has 0 atom stereocenters. The van der Waals surface area contributed by atoms with E-state index in [1.165, 1.54) is 0 Å². The number of nitrogens with zero attached hydrogens (tertiary/aromatic N) is 4. The van der Waals surface area contributed by atoms with Gasteiger partial charge in [-0.3, -0.25) is 14.5 Å². The molecule has 0 aromatic carbocycles. The van der Waals surface area contributed by atoms with Crippen LogP contribution in [0.3, 0.4) is 0 Å². The average molecular weight is 323 g/mol. The lowest BCUT2D eigenvalue weighted by atomic mass is 10.2. The molecule has 2 aromatic heterocycles. The fourth-order valence-electron chi connectivity index (χ4n) is 1.89. The minimum absolute atomic E-state index is 0.109. The highest BCUT2D eigenvalue weighted by molar-refractivity contribution is 9.10. The van der Waals surface area contributed by atoms with Gasteiger partial charge in [-0.05, 0) is 41.4 Å². The summed E-state index contributed by atoms with van der Waals surface area (Å²) in [4.78, 5) is 18.2. The van der Waals surface area contributed by atoms with Crippen LogP contribution in [-0.2, 0) is 6.54 Å². The molecule has 6 heteroatoms. The minimum Gasteiger partial charge on any atom is -0.308 e. The van der Waals surface area contributed by atoms with E-state index in [2.05, 4.69) is 26.0 Å². The van der Waals surface area contributed by atoms with Gasteiger partial charge in [0.15, 0.2) is 0 Å². The molecule has 2 heterocycles. The number of hydrogen-bond donors (Lipinski definition) is 0. The molecule has 0 N–H and O–H groups in total. The Hall–Kier alpha value is -1.69. The molecule has 100 valence electrons. The summed E-state index contributed by atoms with van der Waals surface area (Å²) in [5.74, 6) is -0.109. The van der Waals surface area contributed by atoms with Crippen molar-refractivity contribution >= 4 is 27.5 Å². The van der Waals surface area contributed by atoms with Gasteiger partial charge in [0.2, 0.25) is 0 Å². The Balaban J connectivity index is 2.39. The van der Waals surface area contributed by atoms with Gasteiger partial charge in [-0.25, -0.2) is 0 Å². The lowest BCUT2D eigenvalue weighted by Crippen LogP contribution is -2.29. The third kappa shape index (κ3) is 2.53. The molecule has 0 spiro atoms. The smallest absolute Gasteiger partial charge is 0.277 e. The number of hydrogen-bond acceptors (Lipinski definition) is 3. The third-order valence-corrected chi connectivity index (χ3v) is 3.55. The van der Waals surface area contributed by atoms with Gasteiger partial charge in [-0.2, -0.15) is 5.10 Å². The molecule has 1 amide bonds. The molecule has 0 unspecified atom stereocenters. The van der Waals surface area contributed by atoms with Crippen LogP contribution in [0.5, 0.6) is 0 Å². The SMILES string of the molecule is CCn1ncc(Br)c1C(=O)N(C)c1cnccc1C. The van der Waals surface area contributed by atoms with E-state index in [4.69, 9.17) is 0 Å². The maximum atomic E-state index is 12.6. The van der Waals surface area contributed by atoms with Crippen LogP contribution in [0, 0.1) is 6.92 Å². The molecular weight excluding hydrogens is 308 g/mol. The highest BCUT2D eigenvalue weighted by Crippen LogP contribution is 2.22. The van der Waals surface area contributed by atoms with Gasteiger partial charge >= 0.3 is 0 Å². The highest BCUT2D eigenvalue weighted by atomic mass is 79.9. The summed E-state index contributed by atoms with van der Waals surface area (Å²) in [6.45, 7) is 4.55. The summed E-state index contributed by atoms with van der Waals surface area (Å²) in [5, 5.41) is 4.16. The summed E-state index contributed by atoms with van der Waals surface area (Å²) in [6, 6.07) is 1.88. The number of halogens is 1. The van der Waals surface area contributed by atoms with Gasteiger partial charge < -0.3 is 4.90 Å². The van der Waals surface area contributed by atoms with E-state index in [1.807, 2.05) is 19.9 Å². The predicted octanol–water partition coefficient (Wildman–Crippen LogP) is 2.65. The van der Waals surface area contributed by atoms with Gasteiger partial charge in [0, 0.05) is 19.8 Å². The van der Waals surface area contributed by atoms with Crippen molar-refractivity contribution < 1.29 is 4.79 Å². The Kier molecular flexibility index (Phi) is 3.99. The topological polar surface area (TPSA) is 51.0 Å². The van der Waals surface area contributed by atoms with Crippen molar-refractivity contribution in [2.45, 2.75) is 20.4 Å². The number of aromatic nitrogens is 3. The fraction of sp³-hybridized carbons (Fsp3) is 0.308. The van der Waals surface area contributed by atoms with Gasteiger partial charge in [0.25, 0.3) is 5.91 Å². The molecule has 0 saturated heterocycles. The zero-order valence-corrected chi connectivity index (χ0v) is 12.7. The van der Waals surface area contributed by atoms with Crippen LogP contribution >= 0.6 is 15.9 Å². The summed E-state index contributed by atoms with van der Waals surface area (Å²) in [5.41, 5.74) is 2.35. The molecule has 2 rings (SSSR count). The van der Waals surface area contributed by atoms with Crippen LogP contribution in [0.25, 0.3) is 0 Å². The molecule has 0 saturated carbocycles. The third-order valence-electron chi connectivity index (χ3n) is 2.97. The van der Waals surface area contributed by atoms with Gasteiger partial charge in [-0.15, -0.1) is 0 Å². The molecule has 0 radical (unpaired) electrons. The molecule has 0 aliphatic heterocycles. The molecule has 0 bridgehead atoms. The first-order valence-corrected chi connectivity index (χ1v) is 6.75. The van der Waals surface area contributed by atoms with E-state index in [0.717, 1.165) is 11.3 Å². The number of pyridine rings is 1. The Morgan fingerprint density at radius 1 is 1.47 bits per heavy atom. The number of rotatable bonds is 3. The molecule has 0 aliphatic carbocycles. The van der Waals surface area contributed by atoms with Crippen molar-refractivity contribution in [2.75, 3.05) is 11.9 Å². The molecule has 19 heavy (non-hydrogen) atoms. The number of carbonyl (C=O) groups is 1. The lowest BCUT2D eigenvalue weighted by Gasteiger charge is -2.19. The maximum absolute atomic E-state index is 12.6. The number of anilines is 1. The second-order valence-corrected chi connectivity index (χ2v) is 5.04. The predicted molar refractivity (Wildman–Crippen MR) is 77.3 cm³/mol. The molecule has 2 aromatic rings. The molecule has 0 fully saturated rings. The van der Waals surface area contributed by atoms with Crippen molar-refractivity contribution in [2.24, 2.45) is 0 Å². The summed E-state index contributed by atoms with van der Waals surface area (Å²) in [7, 11) is 1.74. The second kappa shape index (κ2) is 5.52. The fourth-order valence-corrected chi connectivity index (χ4v) is 2.36. The summed E-state index contributed by atoms with van der Waals surface area (Å²) in [6.07, 6.45) is 5.04. The second-order valence-electron chi connectivity index (χ2n) is 4.18. The maximum Gasteiger partial charge on any atom is 0.277 e. The molecular formula is C13H15BrN4O. The monoisotopic (exact) mass is 322 g/mol. The number of carbonyl (C=O) groups excluding carboxylic acids is 1. The Morgan fingerprint density at radius 3 is 2.84 bits per heavy atom. The molecule has 5 nitrogen and oxygen atoms in total. The first kappa shape index (κ1) is 13.7. The summed E-state index contributed by atoms with van der Waals surface area (Å²) >= 11 is 3.37. The number of aryl methyl sites for hydroxylation is 2. The van der Waals surface area contributed by atoms with E-state index in [-0.39, 0.29) is 5.91 Å². The van der Waals surface area contributed by atoms with Crippen LogP contribution in [0.4, 0.5) is 5.69 Å². The van der Waals surface area contributed by atoms with Crippen LogP contribution < -0.4 is 4.90 Å². The minimum atomic E-state index is -0.109. The first-order valence-electron chi connectivity index (χ1n) is 5.96. The van der Waals surface area contributed by atoms with Crippen molar-refractivity contribution in [1.29, 1.82) is 0 Å². The van der Waals surface area contributed by atoms with E-state index in [1.54, 1.807) is 35.2 Å². The van der Waals surface area contributed by atoms with Gasteiger partial charge in [0.05, 0.1) is 22.6 Å². The van der Waals surface area contributed by atoms with Crippen molar-refractivity contribution in [3.8, 4) is 0 Å². The van der Waals surface area contributed by atoms with E-state index in [9.17, 15) is 4.79 Å². The van der Waals surface area contributed by atoms with Gasteiger partial charge in [-0.1, -0.05) is 0 Å². The summed E-state index contributed by atoms with van der Waals surface area (Å²) < 4.78 is 2.38. The van der Waals surface area contributed by atoms with E-state index < -0.39 is 0 Å². The van der Waals surface area contributed by atoms with Crippen LogP contribution in [0.1, 0.15) is 23.0 Å². The van der Waals surface area contributed by atoms with Gasteiger partial charge in [0.1, 0.15) is 5.69 Å². The first-order chi connectivity index (χ1) is 9.06. The Bertz CT molecular complexity index is 608. The van der Waals surface area contributed by atoms with Crippen LogP contribution in [-0.4, -0.2) is 27.7 Å². The van der Waals surface area contributed by atoms with E-state index in [0.29, 0.717) is 16.7 Å². The average Bonchev–Trinajstić information content (AvgIpc) is 2.78. The van der Waals surface area contributed by atoms with Crippen molar-refractivity contribution in [3.05, 3.63) is 40.4 Å². The van der Waals surface area contributed by atoms with Crippen LogP contribution in [0.2, 0.25) is 0 Å². The van der Waals surface area contributed by atoms with Crippen molar-refractivity contribution in [1.82, 2.24) is 14.8 Å². The van der Waals surface area contributed by atoms with E-state index >= 15 is 0 Å². The van der Waals surface area contributed by atoms with Crippen LogP contribution in [0.15, 0.2) is 29.1 Å². The number of amides is 1. The van der Waals surface area contributed by atoms with Crippen molar-refractivity contribution in [3.63, 3.8) is 0 Å². The quantitative estimate of drug-likeness (QED) is 0.872. The normalized spacial score (nSPS) is 10.5.